The highest BCUT2D eigenvalue weighted by molar-refractivity contribution is 7.14. The number of aromatic nitrogens is 4. The highest BCUT2D eigenvalue weighted by Crippen LogP contribution is 2.37. The Kier molecular flexibility index (Phi) is 5.71. The molecule has 3 heterocycles. The highest BCUT2D eigenvalue weighted by atomic mass is 35.5. The minimum atomic E-state index is -0.494. The van der Waals surface area contributed by atoms with E-state index in [2.05, 4.69) is 15.2 Å². The van der Waals surface area contributed by atoms with Crippen LogP contribution in [-0.4, -0.2) is 31.5 Å². The van der Waals surface area contributed by atoms with E-state index in [1.165, 1.54) is 29.5 Å². The van der Waals surface area contributed by atoms with Crippen molar-refractivity contribution < 1.29 is 14.3 Å². The first-order chi connectivity index (χ1) is 14.8. The second-order valence-corrected chi connectivity index (χ2v) is 8.22. The van der Waals surface area contributed by atoms with E-state index in [-0.39, 0.29) is 12.5 Å². The van der Waals surface area contributed by atoms with E-state index in [0.29, 0.717) is 32.7 Å². The lowest BCUT2D eigenvalue weighted by atomic mass is 10.1. The second kappa shape index (κ2) is 8.44. The Morgan fingerprint density at radius 1 is 1.26 bits per heavy atom. The molecule has 0 saturated carbocycles. The predicted octanol–water partition coefficient (Wildman–Crippen LogP) is 4.50. The average molecular weight is 456 g/mol. The summed E-state index contributed by atoms with van der Waals surface area (Å²) in [6.07, 6.45) is 3.11. The maximum absolute atomic E-state index is 12.4. The zero-order valence-electron chi connectivity index (χ0n) is 17.0. The summed E-state index contributed by atoms with van der Waals surface area (Å²) in [4.78, 5) is 30.8. The summed E-state index contributed by atoms with van der Waals surface area (Å²) in [6, 6.07) is 7.07. The van der Waals surface area contributed by atoms with Crippen LogP contribution in [0.15, 0.2) is 42.2 Å². The molecule has 3 aromatic heterocycles. The molecule has 4 aromatic rings. The smallest absolute Gasteiger partial charge is 0.340 e. The van der Waals surface area contributed by atoms with Gasteiger partial charge in [0.05, 0.1) is 22.0 Å². The number of rotatable bonds is 5. The Labute approximate surface area is 187 Å². The number of amides is 1. The molecular formula is C21H18ClN5O3S. The van der Waals surface area contributed by atoms with Crippen LogP contribution in [0.5, 0.6) is 0 Å². The summed E-state index contributed by atoms with van der Waals surface area (Å²) < 4.78 is 7.02. The van der Waals surface area contributed by atoms with Crippen molar-refractivity contribution in [2.24, 2.45) is 0 Å². The molecular weight excluding hydrogens is 438 g/mol. The minimum Gasteiger partial charge on any atom is -0.456 e. The van der Waals surface area contributed by atoms with Crippen LogP contribution in [0.2, 0.25) is 5.02 Å². The normalized spacial score (nSPS) is 11.0. The number of esters is 1. The minimum absolute atomic E-state index is 0.0259. The number of carbonyl (C=O) groups is 2. The van der Waals surface area contributed by atoms with Crippen LogP contribution in [0.4, 0.5) is 10.8 Å². The number of pyridine rings is 1. The molecule has 0 aliphatic carbocycles. The summed E-state index contributed by atoms with van der Waals surface area (Å²) in [7, 11) is 0. The second-order valence-electron chi connectivity index (χ2n) is 6.98. The van der Waals surface area contributed by atoms with Crippen LogP contribution in [0, 0.1) is 13.8 Å². The number of anilines is 2. The van der Waals surface area contributed by atoms with Gasteiger partial charge in [-0.15, -0.1) is 21.5 Å². The molecule has 0 bridgehead atoms. The maximum atomic E-state index is 12.4. The van der Waals surface area contributed by atoms with Crippen LogP contribution in [-0.2, 0) is 16.1 Å². The fourth-order valence-corrected chi connectivity index (χ4v) is 4.48. The van der Waals surface area contributed by atoms with Gasteiger partial charge in [0.2, 0.25) is 5.91 Å². The molecule has 0 fully saturated rings. The third-order valence-corrected chi connectivity index (χ3v) is 5.71. The van der Waals surface area contributed by atoms with Crippen LogP contribution in [0.1, 0.15) is 34.1 Å². The molecule has 0 spiro atoms. The summed E-state index contributed by atoms with van der Waals surface area (Å²) in [5.74, 6) is -0.708. The number of benzene rings is 1. The van der Waals surface area contributed by atoms with Gasteiger partial charge in [0.25, 0.3) is 0 Å². The topological polar surface area (TPSA) is 89.7 Å². The number of fused-ring (bicyclic) bond motifs is 1. The molecule has 0 aliphatic rings. The van der Waals surface area contributed by atoms with Gasteiger partial charge in [-0.3, -0.25) is 14.1 Å². The number of hydrogen-bond acceptors (Lipinski definition) is 7. The first-order valence-corrected chi connectivity index (χ1v) is 10.6. The van der Waals surface area contributed by atoms with Gasteiger partial charge in [-0.2, -0.15) is 0 Å². The Balaban J connectivity index is 1.52. The molecule has 0 N–H and O–H groups in total. The zero-order chi connectivity index (χ0) is 22.1. The Morgan fingerprint density at radius 2 is 2.06 bits per heavy atom. The van der Waals surface area contributed by atoms with Crippen molar-refractivity contribution in [2.75, 3.05) is 4.90 Å². The first kappa shape index (κ1) is 21.0. The molecule has 0 aliphatic heterocycles. The van der Waals surface area contributed by atoms with Gasteiger partial charge in [-0.25, -0.2) is 9.78 Å². The molecule has 0 unspecified atom stereocenters. The molecule has 0 saturated heterocycles. The molecule has 0 radical (unpaired) electrons. The van der Waals surface area contributed by atoms with E-state index in [0.717, 1.165) is 11.1 Å². The molecule has 158 valence electrons. The van der Waals surface area contributed by atoms with E-state index in [4.69, 9.17) is 16.3 Å². The number of ether oxygens (including phenoxy) is 1. The quantitative estimate of drug-likeness (QED) is 0.411. The Bertz CT molecular complexity index is 1280. The molecule has 0 atom stereocenters. The predicted molar refractivity (Wildman–Crippen MR) is 118 cm³/mol. The van der Waals surface area contributed by atoms with Gasteiger partial charge in [0.15, 0.2) is 10.8 Å². The molecule has 10 heteroatoms. The van der Waals surface area contributed by atoms with Crippen molar-refractivity contribution in [3.63, 3.8) is 0 Å². The van der Waals surface area contributed by atoms with Gasteiger partial charge in [-0.05, 0) is 43.2 Å². The number of halogens is 1. The van der Waals surface area contributed by atoms with E-state index < -0.39 is 5.97 Å². The largest absolute Gasteiger partial charge is 0.456 e. The number of hydrogen-bond donors (Lipinski definition) is 0. The van der Waals surface area contributed by atoms with E-state index in [1.807, 2.05) is 26.0 Å². The van der Waals surface area contributed by atoms with Crippen molar-refractivity contribution in [1.29, 1.82) is 0 Å². The van der Waals surface area contributed by atoms with Crippen LogP contribution >= 0.6 is 22.9 Å². The zero-order valence-corrected chi connectivity index (χ0v) is 18.6. The lowest BCUT2D eigenvalue weighted by Crippen LogP contribution is -2.24. The summed E-state index contributed by atoms with van der Waals surface area (Å²) in [5.41, 5.74) is 4.01. The lowest BCUT2D eigenvalue weighted by molar-refractivity contribution is -0.115. The van der Waals surface area contributed by atoms with Crippen molar-refractivity contribution >= 4 is 51.3 Å². The first-order valence-electron chi connectivity index (χ1n) is 9.32. The van der Waals surface area contributed by atoms with Crippen molar-refractivity contribution in [3.8, 4) is 0 Å². The molecule has 1 aromatic carbocycles. The number of carbonyl (C=O) groups excluding carboxylic acids is 2. The fourth-order valence-electron chi connectivity index (χ4n) is 3.22. The third-order valence-electron chi connectivity index (χ3n) is 4.55. The third kappa shape index (κ3) is 4.28. The highest BCUT2D eigenvalue weighted by Gasteiger charge is 2.23. The monoisotopic (exact) mass is 455 g/mol. The van der Waals surface area contributed by atoms with E-state index in [1.54, 1.807) is 28.1 Å². The average Bonchev–Trinajstić information content (AvgIpc) is 3.37. The van der Waals surface area contributed by atoms with Gasteiger partial charge >= 0.3 is 5.97 Å². The number of thiazole rings is 1. The molecule has 1 amide bonds. The number of nitrogens with zero attached hydrogens (tertiary/aromatic N) is 5. The van der Waals surface area contributed by atoms with Gasteiger partial charge in [-0.1, -0.05) is 17.7 Å². The molecule has 8 nitrogen and oxygen atoms in total. The summed E-state index contributed by atoms with van der Waals surface area (Å²) in [5, 5.41) is 10.4. The van der Waals surface area contributed by atoms with E-state index in [9.17, 15) is 9.59 Å². The van der Waals surface area contributed by atoms with Crippen molar-refractivity contribution in [2.45, 2.75) is 27.4 Å². The lowest BCUT2D eigenvalue weighted by Gasteiger charge is -2.22. The van der Waals surface area contributed by atoms with Gasteiger partial charge < -0.3 is 4.74 Å². The Hall–Kier alpha value is -3.30. The van der Waals surface area contributed by atoms with Crippen molar-refractivity contribution in [1.82, 2.24) is 19.6 Å². The fraction of sp³-hybridized carbons (Fsp3) is 0.190. The summed E-state index contributed by atoms with van der Waals surface area (Å²) in [6.45, 7) is 5.27. The van der Waals surface area contributed by atoms with Crippen LogP contribution < -0.4 is 4.90 Å². The molecule has 4 rings (SSSR count). The van der Waals surface area contributed by atoms with Crippen molar-refractivity contribution in [3.05, 3.63) is 69.6 Å². The van der Waals surface area contributed by atoms with Gasteiger partial charge in [0, 0.05) is 18.5 Å². The Morgan fingerprint density at radius 3 is 2.81 bits per heavy atom. The number of aryl methyl sites for hydroxylation is 2. The van der Waals surface area contributed by atoms with Crippen LogP contribution in [0.3, 0.4) is 0 Å². The molecule has 31 heavy (non-hydrogen) atoms. The summed E-state index contributed by atoms with van der Waals surface area (Å²) >= 11 is 7.71. The van der Waals surface area contributed by atoms with E-state index >= 15 is 0 Å². The van der Waals surface area contributed by atoms with Crippen LogP contribution in [0.25, 0.3) is 5.65 Å². The SMILES string of the molecule is CC(=O)N(c1nc(COC(=O)c2ccc3nncn3c2)cs1)c1c(C)cc(C)cc1Cl. The standard InChI is InChI=1S/C21H18ClN5O3S/c1-12-6-13(2)19(17(22)7-12)27(14(3)28)21-24-16(10-31-21)9-30-20(29)15-4-5-18-25-23-11-26(18)8-15/h4-8,10-11H,9H2,1-3H3. The maximum Gasteiger partial charge on any atom is 0.340 e. The van der Waals surface area contributed by atoms with Gasteiger partial charge in [0.1, 0.15) is 12.9 Å².